The lowest BCUT2D eigenvalue weighted by molar-refractivity contribution is -0.145. The number of hydrogen-bond acceptors (Lipinski definition) is 3. The molecule has 6 heteroatoms. The van der Waals surface area contributed by atoms with Crippen LogP contribution in [0.5, 0.6) is 0 Å². The maximum Gasteiger partial charge on any atom is 0.323 e. The SMILES string of the molecule is CN(CC(=O)O)C(=O)[C@H]1CC(=O)N(C)[C@@H]1c1ccccc1. The quantitative estimate of drug-likeness (QED) is 0.887. The number of carbonyl (C=O) groups is 3. The van der Waals surface area contributed by atoms with Crippen LogP contribution < -0.4 is 0 Å². The van der Waals surface area contributed by atoms with Crippen LogP contribution in [-0.4, -0.2) is 53.3 Å². The van der Waals surface area contributed by atoms with Crippen LogP contribution in [-0.2, 0) is 14.4 Å². The van der Waals surface area contributed by atoms with Gasteiger partial charge >= 0.3 is 5.97 Å². The van der Waals surface area contributed by atoms with Crippen molar-refractivity contribution in [1.82, 2.24) is 9.80 Å². The summed E-state index contributed by atoms with van der Waals surface area (Å²) in [6, 6.07) is 8.98. The van der Waals surface area contributed by atoms with Crippen LogP contribution in [0.3, 0.4) is 0 Å². The Morgan fingerprint density at radius 3 is 2.52 bits per heavy atom. The van der Waals surface area contributed by atoms with Crippen molar-refractivity contribution in [1.29, 1.82) is 0 Å². The third-order valence-corrected chi connectivity index (χ3v) is 3.79. The Kier molecular flexibility index (Phi) is 4.26. The Labute approximate surface area is 123 Å². The minimum Gasteiger partial charge on any atom is -0.480 e. The van der Waals surface area contributed by atoms with E-state index in [0.29, 0.717) is 0 Å². The molecule has 0 radical (unpaired) electrons. The molecule has 1 saturated heterocycles. The van der Waals surface area contributed by atoms with Crippen LogP contribution in [0.2, 0.25) is 0 Å². The lowest BCUT2D eigenvalue weighted by atomic mass is 9.92. The molecule has 1 heterocycles. The van der Waals surface area contributed by atoms with Crippen LogP contribution >= 0.6 is 0 Å². The van der Waals surface area contributed by atoms with E-state index in [2.05, 4.69) is 0 Å². The summed E-state index contributed by atoms with van der Waals surface area (Å²) >= 11 is 0. The minimum absolute atomic E-state index is 0.106. The van der Waals surface area contributed by atoms with Gasteiger partial charge in [-0.15, -0.1) is 0 Å². The van der Waals surface area contributed by atoms with Gasteiger partial charge in [0.05, 0.1) is 12.0 Å². The number of amides is 2. The third kappa shape index (κ3) is 3.04. The Bertz CT molecular complexity index is 558. The summed E-state index contributed by atoms with van der Waals surface area (Å²) < 4.78 is 0. The monoisotopic (exact) mass is 290 g/mol. The largest absolute Gasteiger partial charge is 0.480 e. The van der Waals surface area contributed by atoms with E-state index in [4.69, 9.17) is 5.11 Å². The summed E-state index contributed by atoms with van der Waals surface area (Å²) in [5.74, 6) is -2.04. The molecule has 0 aromatic heterocycles. The van der Waals surface area contributed by atoms with Gasteiger partial charge in [-0.3, -0.25) is 14.4 Å². The molecule has 0 unspecified atom stereocenters. The van der Waals surface area contributed by atoms with Gasteiger partial charge in [-0.2, -0.15) is 0 Å². The molecule has 0 spiro atoms. The van der Waals surface area contributed by atoms with Gasteiger partial charge in [-0.25, -0.2) is 0 Å². The van der Waals surface area contributed by atoms with E-state index in [9.17, 15) is 14.4 Å². The number of carbonyl (C=O) groups excluding carboxylic acids is 2. The number of rotatable bonds is 4. The topological polar surface area (TPSA) is 77.9 Å². The summed E-state index contributed by atoms with van der Waals surface area (Å²) in [6.45, 7) is -0.366. The molecule has 0 aliphatic carbocycles. The standard InChI is InChI=1S/C15H18N2O4/c1-16(9-13(19)20)15(21)11-8-12(18)17(2)14(11)10-6-4-3-5-7-10/h3-7,11,14H,8-9H2,1-2H3,(H,19,20)/t11-,14+/m0/s1. The molecule has 0 bridgehead atoms. The van der Waals surface area contributed by atoms with E-state index in [1.807, 2.05) is 30.3 Å². The van der Waals surface area contributed by atoms with Gasteiger partial charge in [-0.1, -0.05) is 30.3 Å². The van der Waals surface area contributed by atoms with Crippen molar-refractivity contribution in [2.45, 2.75) is 12.5 Å². The van der Waals surface area contributed by atoms with Crippen molar-refractivity contribution in [3.63, 3.8) is 0 Å². The summed E-state index contributed by atoms with van der Waals surface area (Å²) in [7, 11) is 3.12. The predicted octanol–water partition coefficient (Wildman–Crippen LogP) is 0.749. The van der Waals surface area contributed by atoms with Crippen molar-refractivity contribution in [2.75, 3.05) is 20.6 Å². The molecular weight excluding hydrogens is 272 g/mol. The van der Waals surface area contributed by atoms with Gasteiger partial charge in [0.15, 0.2) is 0 Å². The van der Waals surface area contributed by atoms with Crippen LogP contribution in [0, 0.1) is 5.92 Å². The van der Waals surface area contributed by atoms with Crippen LogP contribution in [0.25, 0.3) is 0 Å². The maximum atomic E-state index is 12.4. The summed E-state index contributed by atoms with van der Waals surface area (Å²) in [6.07, 6.45) is 0.110. The van der Waals surface area contributed by atoms with E-state index >= 15 is 0 Å². The highest BCUT2D eigenvalue weighted by atomic mass is 16.4. The van der Waals surface area contributed by atoms with Gasteiger partial charge < -0.3 is 14.9 Å². The molecular formula is C15H18N2O4. The first-order valence-electron chi connectivity index (χ1n) is 6.69. The average Bonchev–Trinajstić information content (AvgIpc) is 2.74. The zero-order chi connectivity index (χ0) is 15.6. The Balaban J connectivity index is 2.26. The number of aliphatic carboxylic acids is 1. The first-order chi connectivity index (χ1) is 9.91. The highest BCUT2D eigenvalue weighted by Crippen LogP contribution is 2.37. The van der Waals surface area contributed by atoms with Crippen LogP contribution in [0.4, 0.5) is 0 Å². The Morgan fingerprint density at radius 1 is 1.33 bits per heavy atom. The molecule has 1 aliphatic heterocycles. The number of benzene rings is 1. The predicted molar refractivity (Wildman–Crippen MR) is 75.3 cm³/mol. The molecule has 1 fully saturated rings. The normalized spacial score (nSPS) is 21.4. The number of carboxylic acids is 1. The van der Waals surface area contributed by atoms with Crippen molar-refractivity contribution in [3.05, 3.63) is 35.9 Å². The fourth-order valence-electron chi connectivity index (χ4n) is 2.76. The summed E-state index contributed by atoms with van der Waals surface area (Å²) in [5.41, 5.74) is 0.882. The second-order valence-electron chi connectivity index (χ2n) is 5.26. The number of likely N-dealkylation sites (tertiary alicyclic amines) is 1. The number of likely N-dealkylation sites (N-methyl/N-ethyl adjacent to an activating group) is 1. The highest BCUT2D eigenvalue weighted by Gasteiger charge is 2.43. The second-order valence-corrected chi connectivity index (χ2v) is 5.26. The van der Waals surface area contributed by atoms with Gasteiger partial charge in [0, 0.05) is 20.5 Å². The molecule has 1 N–H and O–H groups in total. The van der Waals surface area contributed by atoms with Crippen molar-refractivity contribution in [3.8, 4) is 0 Å². The first-order valence-corrected chi connectivity index (χ1v) is 6.69. The maximum absolute atomic E-state index is 12.4. The Hall–Kier alpha value is -2.37. The van der Waals surface area contributed by atoms with E-state index in [1.165, 1.54) is 7.05 Å². The summed E-state index contributed by atoms with van der Waals surface area (Å²) in [4.78, 5) is 37.9. The number of carboxylic acid groups (broad SMARTS) is 1. The third-order valence-electron chi connectivity index (χ3n) is 3.79. The van der Waals surface area contributed by atoms with Gasteiger partial charge in [0.2, 0.25) is 11.8 Å². The van der Waals surface area contributed by atoms with E-state index in [-0.39, 0.29) is 30.8 Å². The van der Waals surface area contributed by atoms with Crippen molar-refractivity contribution < 1.29 is 19.5 Å². The number of nitrogens with zero attached hydrogens (tertiary/aromatic N) is 2. The van der Waals surface area contributed by atoms with Gasteiger partial charge in [0.25, 0.3) is 0 Å². The van der Waals surface area contributed by atoms with E-state index < -0.39 is 11.9 Å². The summed E-state index contributed by atoms with van der Waals surface area (Å²) in [5, 5.41) is 8.79. The molecule has 21 heavy (non-hydrogen) atoms. The molecule has 2 rings (SSSR count). The lowest BCUT2D eigenvalue weighted by Gasteiger charge is -2.27. The van der Waals surface area contributed by atoms with Crippen LogP contribution in [0.1, 0.15) is 18.0 Å². The van der Waals surface area contributed by atoms with Crippen LogP contribution in [0.15, 0.2) is 30.3 Å². The second kappa shape index (κ2) is 5.95. The molecule has 2 amide bonds. The average molecular weight is 290 g/mol. The molecule has 0 saturated carbocycles. The molecule has 112 valence electrons. The first kappa shape index (κ1) is 15.0. The van der Waals surface area contributed by atoms with E-state index in [1.54, 1.807) is 11.9 Å². The number of hydrogen-bond donors (Lipinski definition) is 1. The van der Waals surface area contributed by atoms with Crippen molar-refractivity contribution >= 4 is 17.8 Å². The molecule has 1 aromatic rings. The fraction of sp³-hybridized carbons (Fsp3) is 0.400. The lowest BCUT2D eigenvalue weighted by Crippen LogP contribution is -2.38. The van der Waals surface area contributed by atoms with E-state index in [0.717, 1.165) is 10.5 Å². The minimum atomic E-state index is -1.07. The fourth-order valence-corrected chi connectivity index (χ4v) is 2.76. The van der Waals surface area contributed by atoms with Gasteiger partial charge in [-0.05, 0) is 5.56 Å². The molecule has 1 aromatic carbocycles. The zero-order valence-corrected chi connectivity index (χ0v) is 12.0. The highest BCUT2D eigenvalue weighted by molar-refractivity contribution is 5.91. The smallest absolute Gasteiger partial charge is 0.323 e. The Morgan fingerprint density at radius 2 is 1.95 bits per heavy atom. The van der Waals surface area contributed by atoms with Gasteiger partial charge in [0.1, 0.15) is 6.54 Å². The zero-order valence-electron chi connectivity index (χ0n) is 12.0. The van der Waals surface area contributed by atoms with Crippen molar-refractivity contribution in [2.24, 2.45) is 5.92 Å². The molecule has 6 nitrogen and oxygen atoms in total. The molecule has 1 aliphatic rings. The molecule has 2 atom stereocenters.